The summed E-state index contributed by atoms with van der Waals surface area (Å²) in [5, 5.41) is 0. The smallest absolute Gasteiger partial charge is 0.116 e. The fourth-order valence-electron chi connectivity index (χ4n) is 2.23. The van der Waals surface area contributed by atoms with E-state index in [-0.39, 0.29) is 11.5 Å². The maximum absolute atomic E-state index is 5.38. The quantitative estimate of drug-likeness (QED) is 0.483. The van der Waals surface area contributed by atoms with Gasteiger partial charge < -0.3 is 4.74 Å². The second kappa shape index (κ2) is 5.20. The van der Waals surface area contributed by atoms with Crippen LogP contribution >= 0.6 is 0 Å². The number of rotatable bonds is 5. The summed E-state index contributed by atoms with van der Waals surface area (Å²) in [5.41, 5.74) is 1.79. The van der Waals surface area contributed by atoms with Crippen molar-refractivity contribution in [1.29, 1.82) is 0 Å². The van der Waals surface area contributed by atoms with E-state index >= 15 is 0 Å². The van der Waals surface area contributed by atoms with E-state index in [0.29, 0.717) is 0 Å². The van der Waals surface area contributed by atoms with Gasteiger partial charge in [0.2, 0.25) is 0 Å². The standard InChI is InChI=1S/C14H22O/c1-5-9-14(3,4)11-12-7-8-13(10-12)15-6-2/h5-6,9-10,13H,2,7-8,11H2,1,3-4H3/b9-5+/t13-/m0/s1. The number of hydrogen-bond acceptors (Lipinski definition) is 1. The summed E-state index contributed by atoms with van der Waals surface area (Å²) in [7, 11) is 0. The van der Waals surface area contributed by atoms with Crippen LogP contribution in [0.15, 0.2) is 36.6 Å². The summed E-state index contributed by atoms with van der Waals surface area (Å²) in [4.78, 5) is 0. The molecule has 1 heteroatoms. The van der Waals surface area contributed by atoms with Crippen LogP contribution in [0.5, 0.6) is 0 Å². The van der Waals surface area contributed by atoms with Crippen LogP contribution in [0.1, 0.15) is 40.0 Å². The van der Waals surface area contributed by atoms with E-state index in [1.54, 1.807) is 6.26 Å². The molecule has 0 saturated heterocycles. The van der Waals surface area contributed by atoms with Crippen molar-refractivity contribution >= 4 is 0 Å². The highest BCUT2D eigenvalue weighted by Crippen LogP contribution is 2.33. The van der Waals surface area contributed by atoms with E-state index in [9.17, 15) is 0 Å². The van der Waals surface area contributed by atoms with Gasteiger partial charge in [0.25, 0.3) is 0 Å². The van der Waals surface area contributed by atoms with Crippen molar-refractivity contribution < 1.29 is 4.74 Å². The molecule has 0 bridgehead atoms. The third-order valence-corrected chi connectivity index (χ3v) is 2.74. The van der Waals surface area contributed by atoms with Gasteiger partial charge in [-0.25, -0.2) is 0 Å². The molecule has 0 aromatic rings. The van der Waals surface area contributed by atoms with Crippen LogP contribution in [-0.4, -0.2) is 6.10 Å². The third kappa shape index (κ3) is 3.94. The Kier molecular flexibility index (Phi) is 4.19. The predicted molar refractivity (Wildman–Crippen MR) is 65.6 cm³/mol. The molecule has 84 valence electrons. The van der Waals surface area contributed by atoms with Crippen LogP contribution < -0.4 is 0 Å². The fraction of sp³-hybridized carbons (Fsp3) is 0.571. The molecule has 0 radical (unpaired) electrons. The van der Waals surface area contributed by atoms with Crippen LogP contribution in [-0.2, 0) is 4.74 Å². The molecule has 0 aromatic heterocycles. The summed E-state index contributed by atoms with van der Waals surface area (Å²) in [6, 6.07) is 0. The Morgan fingerprint density at radius 3 is 2.93 bits per heavy atom. The molecule has 1 aliphatic carbocycles. The lowest BCUT2D eigenvalue weighted by Crippen LogP contribution is -2.07. The Labute approximate surface area is 93.5 Å². The van der Waals surface area contributed by atoms with Crippen molar-refractivity contribution in [3.8, 4) is 0 Å². The molecule has 1 nitrogen and oxygen atoms in total. The van der Waals surface area contributed by atoms with Crippen molar-refractivity contribution in [3.63, 3.8) is 0 Å². The molecule has 0 aromatic carbocycles. The predicted octanol–water partition coefficient (Wildman–Crippen LogP) is 4.23. The van der Waals surface area contributed by atoms with E-state index in [1.807, 2.05) is 0 Å². The van der Waals surface area contributed by atoms with Gasteiger partial charge >= 0.3 is 0 Å². The third-order valence-electron chi connectivity index (χ3n) is 2.74. The first kappa shape index (κ1) is 12.1. The minimum Gasteiger partial charge on any atom is -0.495 e. The van der Waals surface area contributed by atoms with Gasteiger partial charge in [-0.2, -0.15) is 0 Å². The zero-order valence-corrected chi connectivity index (χ0v) is 10.1. The summed E-state index contributed by atoms with van der Waals surface area (Å²) in [6.07, 6.45) is 11.9. The van der Waals surface area contributed by atoms with Crippen LogP contribution in [0.4, 0.5) is 0 Å². The molecular weight excluding hydrogens is 184 g/mol. The van der Waals surface area contributed by atoms with Gasteiger partial charge in [0.05, 0.1) is 6.26 Å². The van der Waals surface area contributed by atoms with Gasteiger partial charge in [-0.05, 0) is 37.7 Å². The molecule has 0 amide bonds. The maximum Gasteiger partial charge on any atom is 0.116 e. The molecule has 0 fully saturated rings. The van der Waals surface area contributed by atoms with Crippen LogP contribution in [0, 0.1) is 5.41 Å². The van der Waals surface area contributed by atoms with Gasteiger partial charge in [0, 0.05) is 0 Å². The Balaban J connectivity index is 2.53. The lowest BCUT2D eigenvalue weighted by molar-refractivity contribution is 0.187. The lowest BCUT2D eigenvalue weighted by atomic mass is 9.85. The van der Waals surface area contributed by atoms with Crippen LogP contribution in [0.2, 0.25) is 0 Å². The van der Waals surface area contributed by atoms with Crippen molar-refractivity contribution in [2.75, 3.05) is 0 Å². The molecule has 0 unspecified atom stereocenters. The summed E-state index contributed by atoms with van der Waals surface area (Å²) in [5.74, 6) is 0. The Hall–Kier alpha value is -0.980. The largest absolute Gasteiger partial charge is 0.495 e. The van der Waals surface area contributed by atoms with Gasteiger partial charge in [-0.3, -0.25) is 0 Å². The second-order valence-electron chi connectivity index (χ2n) is 4.87. The first-order chi connectivity index (χ1) is 7.07. The number of hydrogen-bond donors (Lipinski definition) is 0. The molecule has 0 heterocycles. The normalized spacial score (nSPS) is 21.8. The van der Waals surface area contributed by atoms with Crippen LogP contribution in [0.3, 0.4) is 0 Å². The average Bonchev–Trinajstić information content (AvgIpc) is 2.52. The maximum atomic E-state index is 5.38. The van der Waals surface area contributed by atoms with E-state index in [1.165, 1.54) is 12.0 Å². The van der Waals surface area contributed by atoms with E-state index < -0.39 is 0 Å². The molecule has 15 heavy (non-hydrogen) atoms. The molecule has 1 atom stereocenters. The Morgan fingerprint density at radius 2 is 2.33 bits per heavy atom. The van der Waals surface area contributed by atoms with Gasteiger partial charge in [-0.15, -0.1) is 0 Å². The van der Waals surface area contributed by atoms with Gasteiger partial charge in [-0.1, -0.05) is 38.2 Å². The Morgan fingerprint density at radius 1 is 1.60 bits per heavy atom. The van der Waals surface area contributed by atoms with E-state index in [0.717, 1.165) is 12.8 Å². The minimum absolute atomic E-state index is 0.263. The zero-order chi connectivity index (χ0) is 11.3. The SMILES string of the molecule is C=CO[C@@H]1C=C(CC(C)(C)/C=C/C)CC1. The Bertz CT molecular complexity index is 271. The van der Waals surface area contributed by atoms with E-state index in [4.69, 9.17) is 4.74 Å². The van der Waals surface area contributed by atoms with Gasteiger partial charge in [0.15, 0.2) is 0 Å². The molecule has 0 spiro atoms. The first-order valence-corrected chi connectivity index (χ1v) is 5.67. The first-order valence-electron chi connectivity index (χ1n) is 5.67. The summed E-state index contributed by atoms with van der Waals surface area (Å²) < 4.78 is 5.38. The molecule has 0 aliphatic heterocycles. The van der Waals surface area contributed by atoms with Crippen LogP contribution in [0.25, 0.3) is 0 Å². The number of ether oxygens (including phenoxy) is 1. The topological polar surface area (TPSA) is 9.23 Å². The minimum atomic E-state index is 0.263. The molecule has 0 N–H and O–H groups in total. The zero-order valence-electron chi connectivity index (χ0n) is 10.1. The fourth-order valence-corrected chi connectivity index (χ4v) is 2.23. The van der Waals surface area contributed by atoms with Gasteiger partial charge in [0.1, 0.15) is 6.10 Å². The van der Waals surface area contributed by atoms with E-state index in [2.05, 4.69) is 45.6 Å². The van der Waals surface area contributed by atoms with Crippen molar-refractivity contribution in [2.45, 2.75) is 46.1 Å². The highest BCUT2D eigenvalue weighted by molar-refractivity contribution is 5.16. The summed E-state index contributed by atoms with van der Waals surface area (Å²) in [6.45, 7) is 10.2. The molecular formula is C14H22O. The highest BCUT2D eigenvalue weighted by atomic mass is 16.5. The monoisotopic (exact) mass is 206 g/mol. The highest BCUT2D eigenvalue weighted by Gasteiger charge is 2.21. The molecule has 1 rings (SSSR count). The average molecular weight is 206 g/mol. The van der Waals surface area contributed by atoms with Crippen molar-refractivity contribution in [3.05, 3.63) is 36.6 Å². The number of allylic oxidation sites excluding steroid dienone is 3. The second-order valence-corrected chi connectivity index (χ2v) is 4.87. The molecule has 0 saturated carbocycles. The summed E-state index contributed by atoms with van der Waals surface area (Å²) >= 11 is 0. The van der Waals surface area contributed by atoms with Crippen molar-refractivity contribution in [2.24, 2.45) is 5.41 Å². The molecule has 1 aliphatic rings. The lowest BCUT2D eigenvalue weighted by Gasteiger charge is -2.20. The van der Waals surface area contributed by atoms with Crippen molar-refractivity contribution in [1.82, 2.24) is 0 Å².